The SMILES string of the molecule is CC(C)CC(CN)CC(=O)OCc1ccc(Br)cc1. The highest BCUT2D eigenvalue weighted by molar-refractivity contribution is 9.10. The number of benzene rings is 1. The van der Waals surface area contributed by atoms with Gasteiger partial charge in [-0.2, -0.15) is 0 Å². The minimum atomic E-state index is -0.168. The molecule has 1 aromatic rings. The molecule has 1 rings (SSSR count). The second-order valence-corrected chi connectivity index (χ2v) is 6.14. The topological polar surface area (TPSA) is 52.3 Å². The Morgan fingerprint density at radius 2 is 1.95 bits per heavy atom. The molecule has 0 fully saturated rings. The Morgan fingerprint density at radius 1 is 1.32 bits per heavy atom. The number of carbonyl (C=O) groups is 1. The van der Waals surface area contributed by atoms with E-state index in [4.69, 9.17) is 10.5 Å². The van der Waals surface area contributed by atoms with Gasteiger partial charge < -0.3 is 10.5 Å². The van der Waals surface area contributed by atoms with Crippen LogP contribution in [0.4, 0.5) is 0 Å². The number of hydrogen-bond acceptors (Lipinski definition) is 3. The summed E-state index contributed by atoms with van der Waals surface area (Å²) in [4.78, 5) is 11.7. The first-order valence-electron chi connectivity index (χ1n) is 6.61. The highest BCUT2D eigenvalue weighted by atomic mass is 79.9. The zero-order valence-corrected chi connectivity index (χ0v) is 13.2. The fourth-order valence-electron chi connectivity index (χ4n) is 1.97. The quantitative estimate of drug-likeness (QED) is 0.780. The second-order valence-electron chi connectivity index (χ2n) is 5.22. The standard InChI is InChI=1S/C15H22BrNO2/c1-11(2)7-13(9-17)8-15(18)19-10-12-3-5-14(16)6-4-12/h3-6,11,13H,7-10,17H2,1-2H3. The van der Waals surface area contributed by atoms with Crippen molar-refractivity contribution in [3.05, 3.63) is 34.3 Å². The van der Waals surface area contributed by atoms with Crippen molar-refractivity contribution in [2.75, 3.05) is 6.54 Å². The summed E-state index contributed by atoms with van der Waals surface area (Å²) in [5, 5.41) is 0. The van der Waals surface area contributed by atoms with Crippen molar-refractivity contribution in [3.63, 3.8) is 0 Å². The monoisotopic (exact) mass is 327 g/mol. The van der Waals surface area contributed by atoms with E-state index in [1.54, 1.807) is 0 Å². The lowest BCUT2D eigenvalue weighted by Crippen LogP contribution is -2.21. The molecule has 19 heavy (non-hydrogen) atoms. The molecule has 1 unspecified atom stereocenters. The molecule has 1 aromatic carbocycles. The first-order chi connectivity index (χ1) is 9.01. The number of carbonyl (C=O) groups excluding carboxylic acids is 1. The van der Waals surface area contributed by atoms with E-state index in [-0.39, 0.29) is 11.9 Å². The Kier molecular flexibility index (Phi) is 7.10. The molecule has 0 saturated carbocycles. The van der Waals surface area contributed by atoms with Crippen molar-refractivity contribution in [1.82, 2.24) is 0 Å². The number of hydrogen-bond donors (Lipinski definition) is 1. The summed E-state index contributed by atoms with van der Waals surface area (Å²) in [7, 11) is 0. The maximum Gasteiger partial charge on any atom is 0.306 e. The Hall–Kier alpha value is -0.870. The Labute approximate surface area is 123 Å². The molecule has 0 aliphatic carbocycles. The van der Waals surface area contributed by atoms with Gasteiger partial charge in [0.1, 0.15) is 6.61 Å². The first kappa shape index (κ1) is 16.2. The van der Waals surface area contributed by atoms with Crippen LogP contribution in [0.1, 0.15) is 32.3 Å². The van der Waals surface area contributed by atoms with Crippen LogP contribution in [0.5, 0.6) is 0 Å². The minimum absolute atomic E-state index is 0.168. The van der Waals surface area contributed by atoms with Crippen LogP contribution < -0.4 is 5.73 Å². The Morgan fingerprint density at radius 3 is 2.47 bits per heavy atom. The third kappa shape index (κ3) is 6.73. The molecule has 0 aliphatic heterocycles. The molecule has 106 valence electrons. The number of nitrogens with two attached hydrogens (primary N) is 1. The zero-order valence-electron chi connectivity index (χ0n) is 11.6. The van der Waals surface area contributed by atoms with E-state index in [1.165, 1.54) is 0 Å². The molecular formula is C15H22BrNO2. The summed E-state index contributed by atoms with van der Waals surface area (Å²) in [5.74, 6) is 0.601. The van der Waals surface area contributed by atoms with Gasteiger partial charge in [0, 0.05) is 10.9 Å². The average molecular weight is 328 g/mol. The Bertz CT molecular complexity index is 390. The molecule has 0 aliphatic rings. The lowest BCUT2D eigenvalue weighted by Gasteiger charge is -2.16. The average Bonchev–Trinajstić information content (AvgIpc) is 2.36. The summed E-state index contributed by atoms with van der Waals surface area (Å²) in [6, 6.07) is 7.74. The van der Waals surface area contributed by atoms with Gasteiger partial charge in [0.15, 0.2) is 0 Å². The molecule has 4 heteroatoms. The lowest BCUT2D eigenvalue weighted by molar-refractivity contribution is -0.146. The summed E-state index contributed by atoms with van der Waals surface area (Å²) < 4.78 is 6.29. The lowest BCUT2D eigenvalue weighted by atomic mass is 9.94. The van der Waals surface area contributed by atoms with Crippen LogP contribution in [-0.4, -0.2) is 12.5 Å². The molecule has 0 saturated heterocycles. The molecule has 2 N–H and O–H groups in total. The maximum atomic E-state index is 11.7. The molecule has 0 heterocycles. The van der Waals surface area contributed by atoms with E-state index in [0.717, 1.165) is 16.5 Å². The van der Waals surface area contributed by atoms with E-state index >= 15 is 0 Å². The van der Waals surface area contributed by atoms with Crippen LogP contribution in [0.15, 0.2) is 28.7 Å². The molecule has 0 aromatic heterocycles. The van der Waals surface area contributed by atoms with Gasteiger partial charge in [-0.3, -0.25) is 4.79 Å². The van der Waals surface area contributed by atoms with Gasteiger partial charge in [-0.25, -0.2) is 0 Å². The van der Waals surface area contributed by atoms with Crippen LogP contribution in [0.3, 0.4) is 0 Å². The third-order valence-corrected chi connectivity index (χ3v) is 3.44. The normalized spacial score (nSPS) is 12.5. The van der Waals surface area contributed by atoms with Crippen molar-refractivity contribution < 1.29 is 9.53 Å². The predicted octanol–water partition coefficient (Wildman–Crippen LogP) is 3.50. The van der Waals surface area contributed by atoms with Crippen molar-refractivity contribution in [3.8, 4) is 0 Å². The van der Waals surface area contributed by atoms with Crippen LogP contribution in [0, 0.1) is 11.8 Å². The molecule has 0 spiro atoms. The van der Waals surface area contributed by atoms with Crippen LogP contribution in [0.2, 0.25) is 0 Å². The molecule has 3 nitrogen and oxygen atoms in total. The van der Waals surface area contributed by atoms with E-state index in [2.05, 4.69) is 29.8 Å². The number of ether oxygens (including phenoxy) is 1. The van der Waals surface area contributed by atoms with Gasteiger partial charge in [0.2, 0.25) is 0 Å². The second kappa shape index (κ2) is 8.33. The van der Waals surface area contributed by atoms with Gasteiger partial charge in [0.05, 0.1) is 0 Å². The van der Waals surface area contributed by atoms with Gasteiger partial charge >= 0.3 is 5.97 Å². The smallest absolute Gasteiger partial charge is 0.306 e. The van der Waals surface area contributed by atoms with Crippen LogP contribution in [-0.2, 0) is 16.1 Å². The molecule has 1 atom stereocenters. The largest absolute Gasteiger partial charge is 0.461 e. The highest BCUT2D eigenvalue weighted by Gasteiger charge is 2.15. The predicted molar refractivity (Wildman–Crippen MR) is 80.6 cm³/mol. The molecule has 0 bridgehead atoms. The maximum absolute atomic E-state index is 11.7. The Balaban J connectivity index is 2.36. The summed E-state index contributed by atoms with van der Waals surface area (Å²) in [6.07, 6.45) is 1.37. The fraction of sp³-hybridized carbons (Fsp3) is 0.533. The van der Waals surface area contributed by atoms with Crippen molar-refractivity contribution in [1.29, 1.82) is 0 Å². The van der Waals surface area contributed by atoms with Gasteiger partial charge in [0.25, 0.3) is 0 Å². The van der Waals surface area contributed by atoms with Crippen molar-refractivity contribution >= 4 is 21.9 Å². The first-order valence-corrected chi connectivity index (χ1v) is 7.40. The van der Waals surface area contributed by atoms with E-state index in [9.17, 15) is 4.79 Å². The third-order valence-electron chi connectivity index (χ3n) is 2.91. The van der Waals surface area contributed by atoms with Crippen molar-refractivity contribution in [2.45, 2.75) is 33.3 Å². The summed E-state index contributed by atoms with van der Waals surface area (Å²) in [6.45, 7) is 5.13. The van der Waals surface area contributed by atoms with Crippen LogP contribution in [0.25, 0.3) is 0 Å². The number of rotatable bonds is 7. The van der Waals surface area contributed by atoms with E-state index in [0.29, 0.717) is 25.5 Å². The van der Waals surface area contributed by atoms with E-state index in [1.807, 2.05) is 24.3 Å². The summed E-state index contributed by atoms with van der Waals surface area (Å²) >= 11 is 3.37. The number of halogens is 1. The summed E-state index contributed by atoms with van der Waals surface area (Å²) in [5.41, 5.74) is 6.67. The molecular weight excluding hydrogens is 306 g/mol. The minimum Gasteiger partial charge on any atom is -0.461 e. The van der Waals surface area contributed by atoms with Crippen LogP contribution >= 0.6 is 15.9 Å². The molecule has 0 radical (unpaired) electrons. The number of esters is 1. The zero-order chi connectivity index (χ0) is 14.3. The van der Waals surface area contributed by atoms with E-state index < -0.39 is 0 Å². The fourth-order valence-corrected chi connectivity index (χ4v) is 2.23. The van der Waals surface area contributed by atoms with Gasteiger partial charge in [-0.15, -0.1) is 0 Å². The molecule has 0 amide bonds. The van der Waals surface area contributed by atoms with Gasteiger partial charge in [-0.1, -0.05) is 41.9 Å². The van der Waals surface area contributed by atoms with Crippen molar-refractivity contribution in [2.24, 2.45) is 17.6 Å². The highest BCUT2D eigenvalue weighted by Crippen LogP contribution is 2.16. The van der Waals surface area contributed by atoms with Gasteiger partial charge in [-0.05, 0) is 42.5 Å².